The van der Waals surface area contributed by atoms with Crippen LogP contribution in [0, 0.1) is 0 Å². The van der Waals surface area contributed by atoms with Crippen molar-refractivity contribution in [2.75, 3.05) is 6.61 Å². The number of fused-ring (bicyclic) bond motifs is 1. The van der Waals surface area contributed by atoms with Crippen LogP contribution in [0.25, 0.3) is 11.2 Å². The van der Waals surface area contributed by atoms with Crippen LogP contribution in [0.15, 0.2) is 17.4 Å². The molecule has 0 aromatic carbocycles. The summed E-state index contributed by atoms with van der Waals surface area (Å²) in [5, 5.41) is 28.9. The third-order valence-corrected chi connectivity index (χ3v) is 8.08. The van der Waals surface area contributed by atoms with E-state index in [0.717, 1.165) is 26.1 Å². The topological polar surface area (TPSA) is 123 Å². The van der Waals surface area contributed by atoms with Gasteiger partial charge in [0.2, 0.25) is 0 Å². The molecule has 3 N–H and O–H groups in total. The van der Waals surface area contributed by atoms with E-state index in [9.17, 15) is 15.0 Å². The van der Waals surface area contributed by atoms with E-state index in [4.69, 9.17) is 9.84 Å². The van der Waals surface area contributed by atoms with Gasteiger partial charge in [-0.25, -0.2) is 0 Å². The average molecular weight is 698 g/mol. The fourth-order valence-electron chi connectivity index (χ4n) is 2.47. The summed E-state index contributed by atoms with van der Waals surface area (Å²) in [5.74, 6) is 0. The van der Waals surface area contributed by atoms with Gasteiger partial charge < -0.3 is 0 Å². The van der Waals surface area contributed by atoms with Gasteiger partial charge in [-0.2, -0.15) is 0 Å². The Balaban J connectivity index is 0.000000924. The Bertz CT molecular complexity index is 721. The second kappa shape index (κ2) is 8.43. The fraction of sp³-hybridized carbons (Fsp3) is 0.583. The first kappa shape index (κ1) is 19.4. The minimum absolute atomic E-state index is 0.185. The monoisotopic (exact) mass is 701 g/mol. The molecule has 0 bridgehead atoms. The van der Waals surface area contributed by atoms with E-state index in [0.29, 0.717) is 5.65 Å². The molecule has 0 amide bonds. The molecule has 23 heavy (non-hydrogen) atoms. The Morgan fingerprint density at radius 3 is 2.57 bits per heavy atom. The Labute approximate surface area is 161 Å². The number of hydrogen-bond acceptors (Lipinski definition) is 7. The molecule has 1 aliphatic heterocycles. The number of hydrogen-bond donors (Lipinski definition) is 3. The molecule has 1 saturated heterocycles. The SMILES string of the molecule is [CH3][Hg].[CH3][Hg][n]1cnc2c(ncn2C2OC(CO)C(O)C2O)c1=O. The van der Waals surface area contributed by atoms with Gasteiger partial charge in [0.1, 0.15) is 0 Å². The summed E-state index contributed by atoms with van der Waals surface area (Å²) in [7, 11) is 0. The van der Waals surface area contributed by atoms with E-state index in [2.05, 4.69) is 14.4 Å². The van der Waals surface area contributed by atoms with Crippen molar-refractivity contribution in [1.29, 1.82) is 0 Å². The number of aliphatic hydroxyl groups excluding tert-OH is 3. The molecule has 1 fully saturated rings. The summed E-state index contributed by atoms with van der Waals surface area (Å²) in [5.41, 5.74) is 0.333. The van der Waals surface area contributed by atoms with Crippen molar-refractivity contribution in [3.05, 3.63) is 23.0 Å². The minimum atomic E-state index is -1.45. The van der Waals surface area contributed by atoms with Crippen LogP contribution >= 0.6 is 0 Å². The van der Waals surface area contributed by atoms with Gasteiger partial charge in [0, 0.05) is 0 Å². The van der Waals surface area contributed by atoms with Gasteiger partial charge in [-0.3, -0.25) is 0 Å². The van der Waals surface area contributed by atoms with Gasteiger partial charge in [-0.15, -0.1) is 0 Å². The van der Waals surface area contributed by atoms with Gasteiger partial charge in [0.05, 0.1) is 0 Å². The van der Waals surface area contributed by atoms with Crippen molar-refractivity contribution in [3.8, 4) is 0 Å². The van der Waals surface area contributed by atoms with Crippen molar-refractivity contribution in [1.82, 2.24) is 16.9 Å². The van der Waals surface area contributed by atoms with Crippen LogP contribution in [0.4, 0.5) is 0 Å². The predicted octanol–water partition coefficient (Wildman–Crippen LogP) is -1.32. The zero-order valence-electron chi connectivity index (χ0n) is 13.0. The van der Waals surface area contributed by atoms with E-state index in [1.807, 2.05) is 4.43 Å². The maximum atomic E-state index is 12.2. The summed E-state index contributed by atoms with van der Waals surface area (Å²) < 4.78 is 12.7. The molecule has 4 unspecified atom stereocenters. The normalized spacial score (nSPS) is 26.7. The number of nitrogens with zero attached hydrogens (tertiary/aromatic N) is 4. The molecule has 4 atom stereocenters. The second-order valence-corrected chi connectivity index (χ2v) is 10.00. The fourth-order valence-corrected chi connectivity index (χ4v) is 5.12. The zero-order chi connectivity index (χ0) is 17.1. The number of imidazole rings is 1. The summed E-state index contributed by atoms with van der Waals surface area (Å²) in [6, 6.07) is 0. The van der Waals surface area contributed by atoms with E-state index < -0.39 is 56.0 Å². The molecule has 11 heteroatoms. The van der Waals surface area contributed by atoms with Crippen molar-refractivity contribution in [2.24, 2.45) is 0 Å². The molecule has 0 saturated carbocycles. The van der Waals surface area contributed by atoms with Crippen molar-refractivity contribution < 1.29 is 71.1 Å². The Morgan fingerprint density at radius 1 is 1.30 bits per heavy atom. The van der Waals surface area contributed by atoms with Crippen LogP contribution in [-0.2, 0) is 55.7 Å². The third-order valence-electron chi connectivity index (χ3n) is 3.68. The number of rotatable bonds is 3. The number of aromatic nitrogens is 4. The molecule has 0 spiro atoms. The van der Waals surface area contributed by atoms with Gasteiger partial charge in [-0.05, 0) is 0 Å². The Kier molecular flexibility index (Phi) is 7.11. The molecule has 2 aromatic rings. The molecule has 0 radical (unpaired) electrons. The first-order valence-electron chi connectivity index (χ1n) is 7.33. The summed E-state index contributed by atoms with van der Waals surface area (Å²) in [4.78, 5) is 20.4. The first-order chi connectivity index (χ1) is 11.1. The van der Waals surface area contributed by atoms with Gasteiger partial charge in [0.25, 0.3) is 0 Å². The zero-order valence-corrected chi connectivity index (χ0v) is 24.0. The second-order valence-electron chi connectivity index (χ2n) is 4.89. The van der Waals surface area contributed by atoms with Crippen LogP contribution in [-0.4, -0.2) is 57.1 Å². The molecular formula is C12H17Hg2N4O5. The molecule has 9 nitrogen and oxygen atoms in total. The summed E-state index contributed by atoms with van der Waals surface area (Å²) >= 11 is -0.420. The summed E-state index contributed by atoms with van der Waals surface area (Å²) in [6.45, 7) is -0.410. The average Bonchev–Trinajstić information content (AvgIpc) is 3.13. The van der Waals surface area contributed by atoms with Gasteiger partial charge in [-0.1, -0.05) is 0 Å². The maximum absolute atomic E-state index is 12.2. The molecule has 3 heterocycles. The van der Waals surface area contributed by atoms with E-state index in [1.165, 1.54) is 17.2 Å². The van der Waals surface area contributed by atoms with E-state index in [1.54, 1.807) is 2.33 Å². The Morgan fingerprint density at radius 2 is 2.00 bits per heavy atom. The number of ether oxygens (including phenoxy) is 1. The van der Waals surface area contributed by atoms with Crippen LogP contribution in [0.5, 0.6) is 0 Å². The molecule has 3 rings (SSSR count). The van der Waals surface area contributed by atoms with Gasteiger partial charge >= 0.3 is 162 Å². The predicted molar refractivity (Wildman–Crippen MR) is 71.9 cm³/mol. The molecule has 0 aliphatic carbocycles. The van der Waals surface area contributed by atoms with Crippen LogP contribution in [0.3, 0.4) is 0 Å². The third kappa shape index (κ3) is 3.54. The van der Waals surface area contributed by atoms with Crippen molar-refractivity contribution in [2.45, 2.75) is 33.4 Å². The summed E-state index contributed by atoms with van der Waals surface area (Å²) in [6.07, 6.45) is -1.39. The molecular weight excluding hydrogens is 681 g/mol. The van der Waals surface area contributed by atoms with Crippen LogP contribution in [0.2, 0.25) is 8.86 Å². The standard InChI is InChI=1S/C10H12N4O5.2CH3.2Hg/c15-1-4-6(16)7(17)10(19-4)14-3-13-5-8(14)11-2-12-9(5)18;;;;/h2-4,6-7,10,15-17H,1H2,(H,11,12,18);2*1H3;;/q;;;;+1/p-1. The quantitative estimate of drug-likeness (QED) is 0.341. The molecule has 1 aliphatic rings. The van der Waals surface area contributed by atoms with Crippen molar-refractivity contribution in [3.63, 3.8) is 0 Å². The first-order valence-corrected chi connectivity index (χ1v) is 20.8. The Hall–Kier alpha value is 0.0601. The van der Waals surface area contributed by atoms with Crippen LogP contribution in [0.1, 0.15) is 6.23 Å². The van der Waals surface area contributed by atoms with E-state index in [-0.39, 0.29) is 11.1 Å². The van der Waals surface area contributed by atoms with Gasteiger partial charge in [0.15, 0.2) is 0 Å². The molecule has 2 aromatic heterocycles. The number of aliphatic hydroxyl groups is 3. The van der Waals surface area contributed by atoms with Crippen LogP contribution < -0.4 is 5.56 Å². The van der Waals surface area contributed by atoms with Crippen molar-refractivity contribution >= 4 is 11.2 Å². The molecule has 119 valence electrons. The van der Waals surface area contributed by atoms with E-state index >= 15 is 0 Å².